The number of sulfone groups is 1. The lowest BCUT2D eigenvalue weighted by molar-refractivity contribution is -0.132. The van der Waals surface area contributed by atoms with E-state index in [1.165, 1.54) is 0 Å². The van der Waals surface area contributed by atoms with Gasteiger partial charge in [0.05, 0.1) is 11.5 Å². The predicted octanol–water partition coefficient (Wildman–Crippen LogP) is 2.29. The predicted molar refractivity (Wildman–Crippen MR) is 91.7 cm³/mol. The number of nitrogens with one attached hydrogen (secondary N) is 1. The third-order valence-corrected chi connectivity index (χ3v) is 6.10. The van der Waals surface area contributed by atoms with E-state index in [0.29, 0.717) is 25.9 Å². The molecule has 1 N–H and O–H groups in total. The van der Waals surface area contributed by atoms with Gasteiger partial charge < -0.3 is 10.2 Å². The highest BCUT2D eigenvalue weighted by Crippen LogP contribution is 2.19. The molecule has 1 heterocycles. The first-order valence-corrected chi connectivity index (χ1v) is 10.0. The molecule has 1 atom stereocenters. The molecular formula is C15H21BrN2O3S. The monoisotopic (exact) mass is 388 g/mol. The highest BCUT2D eigenvalue weighted by molar-refractivity contribution is 9.10. The minimum Gasteiger partial charge on any atom is -0.385 e. The van der Waals surface area contributed by atoms with Crippen LogP contribution in [-0.2, 0) is 14.6 Å². The molecule has 1 aromatic rings. The number of hydrogen-bond donors (Lipinski definition) is 1. The van der Waals surface area contributed by atoms with Gasteiger partial charge in [0.1, 0.15) is 0 Å². The maximum atomic E-state index is 12.3. The van der Waals surface area contributed by atoms with E-state index in [-0.39, 0.29) is 23.5 Å². The van der Waals surface area contributed by atoms with E-state index in [1.807, 2.05) is 31.2 Å². The average Bonchev–Trinajstić information content (AvgIpc) is 2.82. The molecule has 2 rings (SSSR count). The van der Waals surface area contributed by atoms with Gasteiger partial charge in [-0.3, -0.25) is 4.79 Å². The molecule has 5 nitrogen and oxygen atoms in total. The topological polar surface area (TPSA) is 66.5 Å². The van der Waals surface area contributed by atoms with Crippen LogP contribution in [0.5, 0.6) is 0 Å². The van der Waals surface area contributed by atoms with E-state index in [1.54, 1.807) is 4.90 Å². The highest BCUT2D eigenvalue weighted by atomic mass is 79.9. The van der Waals surface area contributed by atoms with Gasteiger partial charge in [0.25, 0.3) is 0 Å². The number of carbonyl (C=O) groups excluding carboxylic acids is 1. The molecule has 1 unspecified atom stereocenters. The second kappa shape index (κ2) is 7.46. The van der Waals surface area contributed by atoms with Crippen molar-refractivity contribution >= 4 is 37.4 Å². The molecule has 1 fully saturated rings. The molecule has 0 aromatic heterocycles. The molecule has 0 bridgehead atoms. The Morgan fingerprint density at radius 2 is 2.05 bits per heavy atom. The summed E-state index contributed by atoms with van der Waals surface area (Å²) >= 11 is 3.37. The zero-order chi connectivity index (χ0) is 16.2. The van der Waals surface area contributed by atoms with Crippen LogP contribution in [0, 0.1) is 0 Å². The molecule has 122 valence electrons. The van der Waals surface area contributed by atoms with Crippen LogP contribution in [0.4, 0.5) is 5.69 Å². The van der Waals surface area contributed by atoms with Gasteiger partial charge in [0, 0.05) is 35.7 Å². The van der Waals surface area contributed by atoms with Gasteiger partial charge in [-0.2, -0.15) is 0 Å². The molecule has 0 spiro atoms. The summed E-state index contributed by atoms with van der Waals surface area (Å²) in [7, 11) is -2.97. The molecule has 0 saturated carbocycles. The number of carbonyl (C=O) groups is 1. The standard InChI is InChI=1S/C15H21BrN2O3S/c1-2-18(14-8-10-22(20,21)11-14)15(19)7-9-17-13-5-3-12(16)4-6-13/h3-6,14,17H,2,7-11H2,1H3. The van der Waals surface area contributed by atoms with E-state index in [9.17, 15) is 13.2 Å². The fourth-order valence-electron chi connectivity index (χ4n) is 2.68. The summed E-state index contributed by atoms with van der Waals surface area (Å²) in [6.45, 7) is 2.98. The summed E-state index contributed by atoms with van der Waals surface area (Å²) in [4.78, 5) is 14.0. The fourth-order valence-corrected chi connectivity index (χ4v) is 4.68. The number of rotatable bonds is 6. The summed E-state index contributed by atoms with van der Waals surface area (Å²) in [5.74, 6) is 0.305. The third-order valence-electron chi connectivity index (χ3n) is 3.82. The van der Waals surface area contributed by atoms with Gasteiger partial charge in [-0.15, -0.1) is 0 Å². The van der Waals surface area contributed by atoms with Crippen molar-refractivity contribution in [1.29, 1.82) is 0 Å². The van der Waals surface area contributed by atoms with E-state index in [2.05, 4.69) is 21.2 Å². The van der Waals surface area contributed by atoms with Gasteiger partial charge in [0.15, 0.2) is 9.84 Å². The molecule has 1 aliphatic heterocycles. The van der Waals surface area contributed by atoms with Crippen molar-refractivity contribution in [2.45, 2.75) is 25.8 Å². The number of nitrogens with zero attached hydrogens (tertiary/aromatic N) is 1. The Bertz CT molecular complexity index is 616. The number of anilines is 1. The Hall–Kier alpha value is -1.08. The van der Waals surface area contributed by atoms with E-state index < -0.39 is 9.84 Å². The largest absolute Gasteiger partial charge is 0.385 e. The zero-order valence-corrected chi connectivity index (χ0v) is 15.0. The highest BCUT2D eigenvalue weighted by Gasteiger charge is 2.33. The number of amides is 1. The van der Waals surface area contributed by atoms with Crippen LogP contribution in [0.3, 0.4) is 0 Å². The normalized spacial score (nSPS) is 19.8. The SMILES string of the molecule is CCN(C(=O)CCNc1ccc(Br)cc1)C1CCS(=O)(=O)C1. The quantitative estimate of drug-likeness (QED) is 0.811. The van der Waals surface area contributed by atoms with E-state index >= 15 is 0 Å². The van der Waals surface area contributed by atoms with Crippen LogP contribution in [0.1, 0.15) is 19.8 Å². The molecule has 0 radical (unpaired) electrons. The third kappa shape index (κ3) is 4.71. The molecule has 7 heteroatoms. The maximum Gasteiger partial charge on any atom is 0.224 e. The summed E-state index contributed by atoms with van der Waals surface area (Å²) in [5.41, 5.74) is 0.961. The molecule has 1 saturated heterocycles. The first kappa shape index (κ1) is 17.3. The average molecular weight is 389 g/mol. The van der Waals surface area contributed by atoms with Crippen molar-refractivity contribution in [3.63, 3.8) is 0 Å². The van der Waals surface area contributed by atoms with Gasteiger partial charge in [-0.25, -0.2) is 8.42 Å². The first-order valence-electron chi connectivity index (χ1n) is 7.40. The Kier molecular flexibility index (Phi) is 5.86. The minimum atomic E-state index is -2.97. The molecule has 22 heavy (non-hydrogen) atoms. The van der Waals surface area contributed by atoms with Crippen molar-refractivity contribution in [3.8, 4) is 0 Å². The molecule has 1 aliphatic rings. The van der Waals surface area contributed by atoms with Crippen molar-refractivity contribution in [2.75, 3.05) is 29.9 Å². The van der Waals surface area contributed by atoms with Crippen molar-refractivity contribution in [1.82, 2.24) is 4.90 Å². The van der Waals surface area contributed by atoms with Crippen molar-refractivity contribution in [3.05, 3.63) is 28.7 Å². The van der Waals surface area contributed by atoms with Gasteiger partial charge >= 0.3 is 0 Å². The Morgan fingerprint density at radius 1 is 1.36 bits per heavy atom. The van der Waals surface area contributed by atoms with Crippen LogP contribution in [0.25, 0.3) is 0 Å². The first-order chi connectivity index (χ1) is 10.4. The number of hydrogen-bond acceptors (Lipinski definition) is 4. The number of halogens is 1. The van der Waals surface area contributed by atoms with Crippen LogP contribution in [-0.4, -0.2) is 49.9 Å². The lowest BCUT2D eigenvalue weighted by Gasteiger charge is -2.27. The number of benzene rings is 1. The zero-order valence-electron chi connectivity index (χ0n) is 12.6. The summed E-state index contributed by atoms with van der Waals surface area (Å²) in [5, 5.41) is 3.20. The van der Waals surface area contributed by atoms with Gasteiger partial charge in [-0.05, 0) is 37.6 Å². The lowest BCUT2D eigenvalue weighted by atomic mass is 10.2. The second-order valence-corrected chi connectivity index (χ2v) is 8.56. The van der Waals surface area contributed by atoms with Crippen LogP contribution >= 0.6 is 15.9 Å². The Morgan fingerprint density at radius 3 is 2.59 bits per heavy atom. The Labute approximate surface area is 140 Å². The minimum absolute atomic E-state index is 0.00853. The fraction of sp³-hybridized carbons (Fsp3) is 0.533. The van der Waals surface area contributed by atoms with E-state index in [4.69, 9.17) is 0 Å². The van der Waals surface area contributed by atoms with Crippen molar-refractivity contribution in [2.24, 2.45) is 0 Å². The molecular weight excluding hydrogens is 368 g/mol. The summed E-state index contributed by atoms with van der Waals surface area (Å²) in [6, 6.07) is 7.60. The summed E-state index contributed by atoms with van der Waals surface area (Å²) in [6.07, 6.45) is 0.919. The van der Waals surface area contributed by atoms with Crippen molar-refractivity contribution < 1.29 is 13.2 Å². The molecule has 1 amide bonds. The van der Waals surface area contributed by atoms with Gasteiger partial charge in [-0.1, -0.05) is 15.9 Å². The second-order valence-electron chi connectivity index (χ2n) is 5.42. The van der Waals surface area contributed by atoms with E-state index in [0.717, 1.165) is 10.2 Å². The lowest BCUT2D eigenvalue weighted by Crippen LogP contribution is -2.41. The smallest absolute Gasteiger partial charge is 0.224 e. The van der Waals surface area contributed by atoms with Crippen LogP contribution in [0.15, 0.2) is 28.7 Å². The summed E-state index contributed by atoms with van der Waals surface area (Å²) < 4.78 is 24.1. The van der Waals surface area contributed by atoms with Crippen LogP contribution in [0.2, 0.25) is 0 Å². The van der Waals surface area contributed by atoms with Crippen LogP contribution < -0.4 is 5.32 Å². The Balaban J connectivity index is 1.83. The molecule has 0 aliphatic carbocycles. The van der Waals surface area contributed by atoms with Gasteiger partial charge in [0.2, 0.25) is 5.91 Å². The maximum absolute atomic E-state index is 12.3. The molecule has 1 aromatic carbocycles.